The third kappa shape index (κ3) is 4.55. The third-order valence-electron chi connectivity index (χ3n) is 5.69. The molecule has 29 heavy (non-hydrogen) atoms. The first-order valence-corrected chi connectivity index (χ1v) is 10.2. The van der Waals surface area contributed by atoms with Gasteiger partial charge in [0.05, 0.1) is 0 Å². The lowest BCUT2D eigenvalue weighted by Gasteiger charge is -2.31. The number of para-hydroxylation sites is 1. The number of hydrogen-bond donors (Lipinski definition) is 1. The van der Waals surface area contributed by atoms with Crippen molar-refractivity contribution in [3.05, 3.63) is 47.8 Å². The number of likely N-dealkylation sites (tertiary alicyclic amines) is 1. The quantitative estimate of drug-likeness (QED) is 0.665. The SMILES string of the molecule is CC(=O)C1CCCN(C(=O)CCc2nnc(CCc3c[nH]c4ccccc34)o2)C1. The molecule has 0 aliphatic carbocycles. The van der Waals surface area contributed by atoms with Crippen LogP contribution in [0.25, 0.3) is 10.9 Å². The van der Waals surface area contributed by atoms with Gasteiger partial charge in [-0.2, -0.15) is 0 Å². The maximum atomic E-state index is 12.5. The molecule has 7 nitrogen and oxygen atoms in total. The van der Waals surface area contributed by atoms with E-state index in [-0.39, 0.29) is 17.6 Å². The monoisotopic (exact) mass is 394 g/mol. The molecule has 1 unspecified atom stereocenters. The standard InChI is InChI=1S/C22H26N4O3/c1-15(27)17-5-4-12-26(14-17)22(28)11-10-21-25-24-20(29-21)9-8-16-13-23-19-7-3-2-6-18(16)19/h2-3,6-7,13,17,23H,4-5,8-12,14H2,1H3. The topological polar surface area (TPSA) is 92.1 Å². The molecule has 152 valence electrons. The Kier molecular flexibility index (Phi) is 5.74. The summed E-state index contributed by atoms with van der Waals surface area (Å²) in [5.74, 6) is 1.28. The Morgan fingerprint density at radius 2 is 1.97 bits per heavy atom. The Bertz CT molecular complexity index is 1010. The smallest absolute Gasteiger partial charge is 0.223 e. The molecule has 4 rings (SSSR count). The number of amides is 1. The van der Waals surface area contributed by atoms with Crippen LogP contribution in [0.4, 0.5) is 0 Å². The number of hydrogen-bond acceptors (Lipinski definition) is 5. The van der Waals surface area contributed by atoms with E-state index in [9.17, 15) is 9.59 Å². The van der Waals surface area contributed by atoms with Gasteiger partial charge in [0.1, 0.15) is 5.78 Å². The predicted octanol–water partition coefficient (Wildman–Crippen LogP) is 3.10. The molecule has 3 aromatic rings. The molecule has 0 bridgehead atoms. The average molecular weight is 394 g/mol. The molecule has 1 aliphatic heterocycles. The van der Waals surface area contributed by atoms with E-state index in [2.05, 4.69) is 27.3 Å². The zero-order chi connectivity index (χ0) is 20.2. The molecule has 0 radical (unpaired) electrons. The summed E-state index contributed by atoms with van der Waals surface area (Å²) in [5.41, 5.74) is 2.35. The molecule has 1 amide bonds. The highest BCUT2D eigenvalue weighted by molar-refractivity contribution is 5.83. The number of nitrogens with zero attached hydrogens (tertiary/aromatic N) is 3. The van der Waals surface area contributed by atoms with Crippen LogP contribution in [0.2, 0.25) is 0 Å². The highest BCUT2D eigenvalue weighted by Gasteiger charge is 2.26. The second kappa shape index (κ2) is 8.59. The van der Waals surface area contributed by atoms with Gasteiger partial charge < -0.3 is 14.3 Å². The summed E-state index contributed by atoms with van der Waals surface area (Å²) in [6.07, 6.45) is 6.01. The molecule has 1 aromatic carbocycles. The van der Waals surface area contributed by atoms with Crippen LogP contribution in [-0.4, -0.2) is 44.9 Å². The van der Waals surface area contributed by atoms with Crippen molar-refractivity contribution in [2.75, 3.05) is 13.1 Å². The predicted molar refractivity (Wildman–Crippen MR) is 108 cm³/mol. The molecule has 0 saturated carbocycles. The molecule has 0 spiro atoms. The van der Waals surface area contributed by atoms with Crippen molar-refractivity contribution in [2.24, 2.45) is 5.92 Å². The van der Waals surface area contributed by atoms with Gasteiger partial charge in [-0.05, 0) is 37.8 Å². The molecule has 1 aliphatic rings. The van der Waals surface area contributed by atoms with Crippen molar-refractivity contribution < 1.29 is 14.0 Å². The van der Waals surface area contributed by atoms with Crippen molar-refractivity contribution in [1.82, 2.24) is 20.1 Å². The van der Waals surface area contributed by atoms with Gasteiger partial charge in [-0.25, -0.2) is 0 Å². The lowest BCUT2D eigenvalue weighted by Crippen LogP contribution is -2.41. The Morgan fingerprint density at radius 3 is 2.79 bits per heavy atom. The number of carbonyl (C=O) groups is 2. The van der Waals surface area contributed by atoms with Gasteiger partial charge in [0.15, 0.2) is 0 Å². The second-order valence-corrected chi connectivity index (χ2v) is 7.74. The van der Waals surface area contributed by atoms with Crippen molar-refractivity contribution in [3.63, 3.8) is 0 Å². The molecular formula is C22H26N4O3. The van der Waals surface area contributed by atoms with Crippen LogP contribution in [0.5, 0.6) is 0 Å². The number of piperidine rings is 1. The molecule has 2 aromatic heterocycles. The first-order valence-electron chi connectivity index (χ1n) is 10.2. The van der Waals surface area contributed by atoms with Gasteiger partial charge in [-0.1, -0.05) is 18.2 Å². The number of ketones is 1. The van der Waals surface area contributed by atoms with Crippen LogP contribution in [-0.2, 0) is 28.9 Å². The molecule has 1 saturated heterocycles. The zero-order valence-electron chi connectivity index (χ0n) is 16.7. The number of carbonyl (C=O) groups excluding carboxylic acids is 2. The fourth-order valence-corrected chi connectivity index (χ4v) is 3.98. The summed E-state index contributed by atoms with van der Waals surface area (Å²) >= 11 is 0. The minimum Gasteiger partial charge on any atom is -0.425 e. The Balaban J connectivity index is 1.28. The summed E-state index contributed by atoms with van der Waals surface area (Å²) in [6.45, 7) is 2.87. The minimum atomic E-state index is -0.0211. The number of H-pyrrole nitrogens is 1. The van der Waals surface area contributed by atoms with Crippen LogP contribution in [0, 0.1) is 5.92 Å². The third-order valence-corrected chi connectivity index (χ3v) is 5.69. The normalized spacial score (nSPS) is 17.0. The maximum absolute atomic E-state index is 12.5. The molecule has 1 atom stereocenters. The van der Waals surface area contributed by atoms with Crippen LogP contribution in [0.1, 0.15) is 43.5 Å². The molecule has 1 N–H and O–H groups in total. The summed E-state index contributed by atoms with van der Waals surface area (Å²) in [7, 11) is 0. The molecule has 3 heterocycles. The van der Waals surface area contributed by atoms with Crippen LogP contribution < -0.4 is 0 Å². The number of benzene rings is 1. The van der Waals surface area contributed by atoms with Gasteiger partial charge >= 0.3 is 0 Å². The maximum Gasteiger partial charge on any atom is 0.223 e. The van der Waals surface area contributed by atoms with E-state index < -0.39 is 0 Å². The van der Waals surface area contributed by atoms with E-state index in [0.29, 0.717) is 37.6 Å². The number of rotatable bonds is 7. The highest BCUT2D eigenvalue weighted by Crippen LogP contribution is 2.20. The van der Waals surface area contributed by atoms with E-state index in [1.54, 1.807) is 11.8 Å². The first-order chi connectivity index (χ1) is 14.1. The van der Waals surface area contributed by atoms with E-state index in [0.717, 1.165) is 31.3 Å². The largest absolute Gasteiger partial charge is 0.425 e. The van der Waals surface area contributed by atoms with Gasteiger partial charge in [0, 0.05) is 55.4 Å². The van der Waals surface area contributed by atoms with Crippen molar-refractivity contribution in [1.29, 1.82) is 0 Å². The van der Waals surface area contributed by atoms with Crippen molar-refractivity contribution >= 4 is 22.6 Å². The van der Waals surface area contributed by atoms with E-state index in [4.69, 9.17) is 4.42 Å². The number of aromatic amines is 1. The van der Waals surface area contributed by atoms with Crippen LogP contribution in [0.15, 0.2) is 34.9 Å². The van der Waals surface area contributed by atoms with E-state index in [1.807, 2.05) is 18.3 Å². The number of fused-ring (bicyclic) bond motifs is 1. The van der Waals surface area contributed by atoms with Crippen LogP contribution in [0.3, 0.4) is 0 Å². The number of nitrogens with one attached hydrogen (secondary N) is 1. The number of aryl methyl sites for hydroxylation is 3. The Labute approximate surface area is 169 Å². The first kappa shape index (κ1) is 19.4. The molecule has 1 fully saturated rings. The molecular weight excluding hydrogens is 368 g/mol. The van der Waals surface area contributed by atoms with E-state index >= 15 is 0 Å². The summed E-state index contributed by atoms with van der Waals surface area (Å²) in [5, 5.41) is 9.43. The second-order valence-electron chi connectivity index (χ2n) is 7.74. The summed E-state index contributed by atoms with van der Waals surface area (Å²) in [6, 6.07) is 8.20. The van der Waals surface area contributed by atoms with Gasteiger partial charge in [0.2, 0.25) is 17.7 Å². The average Bonchev–Trinajstić information content (AvgIpc) is 3.37. The lowest BCUT2D eigenvalue weighted by atomic mass is 9.94. The zero-order valence-corrected chi connectivity index (χ0v) is 16.7. The summed E-state index contributed by atoms with van der Waals surface area (Å²) in [4.78, 5) is 29.1. The van der Waals surface area contributed by atoms with Crippen molar-refractivity contribution in [2.45, 2.75) is 45.4 Å². The van der Waals surface area contributed by atoms with Gasteiger partial charge in [-0.3, -0.25) is 9.59 Å². The minimum absolute atomic E-state index is 0.0211. The van der Waals surface area contributed by atoms with E-state index in [1.165, 1.54) is 10.9 Å². The van der Waals surface area contributed by atoms with Gasteiger partial charge in [0.25, 0.3) is 0 Å². The van der Waals surface area contributed by atoms with Gasteiger partial charge in [-0.15, -0.1) is 10.2 Å². The molecule has 7 heteroatoms. The summed E-state index contributed by atoms with van der Waals surface area (Å²) < 4.78 is 5.73. The lowest BCUT2D eigenvalue weighted by molar-refractivity contribution is -0.134. The number of aromatic nitrogens is 3. The fraction of sp³-hybridized carbons (Fsp3) is 0.455. The fourth-order valence-electron chi connectivity index (χ4n) is 3.98. The highest BCUT2D eigenvalue weighted by atomic mass is 16.4. The van der Waals surface area contributed by atoms with Crippen molar-refractivity contribution in [3.8, 4) is 0 Å². The Morgan fingerprint density at radius 1 is 1.17 bits per heavy atom. The Hall–Kier alpha value is -2.96. The van der Waals surface area contributed by atoms with Crippen LogP contribution >= 0.6 is 0 Å². The number of Topliss-reactive ketones (excluding diaryl/α,β-unsaturated/α-hetero) is 1.